The molecule has 6 nitrogen and oxygen atoms in total. The Labute approximate surface area is 185 Å². The molecule has 7 heteroatoms. The van der Waals surface area contributed by atoms with Crippen molar-refractivity contribution in [3.05, 3.63) is 30.3 Å². The second-order valence-corrected chi connectivity index (χ2v) is 10.1. The molecule has 2 N–H and O–H groups in total. The minimum absolute atomic E-state index is 0.270. The van der Waals surface area contributed by atoms with E-state index in [0.29, 0.717) is 12.0 Å². The molecule has 1 saturated carbocycles. The van der Waals surface area contributed by atoms with Crippen LogP contribution >= 0.6 is 11.8 Å². The van der Waals surface area contributed by atoms with E-state index in [1.807, 2.05) is 11.8 Å². The number of nitrogens with one attached hydrogen (secondary N) is 2. The van der Waals surface area contributed by atoms with E-state index in [9.17, 15) is 0 Å². The van der Waals surface area contributed by atoms with E-state index in [4.69, 9.17) is 14.5 Å². The number of guanidine groups is 1. The second-order valence-electron chi connectivity index (χ2n) is 8.51. The molecule has 2 heterocycles. The number of thioether (sulfide) groups is 1. The molecule has 2 unspecified atom stereocenters. The van der Waals surface area contributed by atoms with Gasteiger partial charge in [-0.2, -0.15) is 0 Å². The lowest BCUT2D eigenvalue weighted by Gasteiger charge is -2.37. The van der Waals surface area contributed by atoms with E-state index in [-0.39, 0.29) is 4.75 Å². The summed E-state index contributed by atoms with van der Waals surface area (Å²) in [5, 5.41) is 7.10. The zero-order valence-corrected chi connectivity index (χ0v) is 19.0. The maximum absolute atomic E-state index is 5.71. The van der Waals surface area contributed by atoms with Crippen LogP contribution in [0.15, 0.2) is 40.2 Å². The Morgan fingerprint density at radius 3 is 2.63 bits per heavy atom. The van der Waals surface area contributed by atoms with Gasteiger partial charge in [0.15, 0.2) is 5.96 Å². The van der Waals surface area contributed by atoms with Gasteiger partial charge in [0.25, 0.3) is 0 Å². The summed E-state index contributed by atoms with van der Waals surface area (Å²) >= 11 is 1.98. The van der Waals surface area contributed by atoms with E-state index in [0.717, 1.165) is 71.5 Å². The summed E-state index contributed by atoms with van der Waals surface area (Å²) in [5.74, 6) is 1.52. The van der Waals surface area contributed by atoms with Gasteiger partial charge < -0.3 is 20.1 Å². The molecule has 2 aliphatic heterocycles. The summed E-state index contributed by atoms with van der Waals surface area (Å²) in [5.41, 5.74) is 0. The van der Waals surface area contributed by atoms with Crippen LogP contribution in [-0.4, -0.2) is 80.8 Å². The lowest BCUT2D eigenvalue weighted by molar-refractivity contribution is 0.00246. The average molecular weight is 433 g/mol. The van der Waals surface area contributed by atoms with E-state index in [2.05, 4.69) is 52.8 Å². The van der Waals surface area contributed by atoms with Crippen molar-refractivity contribution in [2.24, 2.45) is 10.9 Å². The molecule has 0 amide bonds. The standard InChI is InChI=1S/C23H36N4O2S/c1-2-24-22(26-18-23(9-10-23)30-20-6-4-3-5-7-20)25-16-21(19-8-13-29-17-19)27-11-14-28-15-12-27/h3-7,19,21H,2,8-18H2,1H3,(H2,24,25,26). The molecule has 1 aliphatic carbocycles. The van der Waals surface area contributed by atoms with Gasteiger partial charge in [0, 0.05) is 54.4 Å². The molecular formula is C23H36N4O2S. The summed E-state index contributed by atoms with van der Waals surface area (Å²) in [6, 6.07) is 11.2. The number of nitrogens with zero attached hydrogens (tertiary/aromatic N) is 2. The number of aliphatic imine (C=N–C) groups is 1. The topological polar surface area (TPSA) is 58.1 Å². The molecular weight excluding hydrogens is 396 g/mol. The highest BCUT2D eigenvalue weighted by molar-refractivity contribution is 8.01. The first kappa shape index (κ1) is 21.9. The SMILES string of the molecule is CCNC(=NCC1(Sc2ccccc2)CC1)NCC(C1CCOC1)N1CCOCC1. The van der Waals surface area contributed by atoms with Gasteiger partial charge in [0.05, 0.1) is 26.4 Å². The number of benzene rings is 1. The van der Waals surface area contributed by atoms with Gasteiger partial charge in [-0.15, -0.1) is 11.8 Å². The molecule has 1 aromatic rings. The predicted molar refractivity (Wildman–Crippen MR) is 123 cm³/mol. The first-order chi connectivity index (χ1) is 14.8. The molecule has 0 spiro atoms. The summed E-state index contributed by atoms with van der Waals surface area (Å²) in [7, 11) is 0. The molecule has 4 rings (SSSR count). The fourth-order valence-corrected chi connectivity index (χ4v) is 5.52. The zero-order chi connectivity index (χ0) is 20.7. The molecule has 166 valence electrons. The zero-order valence-electron chi connectivity index (χ0n) is 18.1. The van der Waals surface area contributed by atoms with Crippen molar-refractivity contribution >= 4 is 17.7 Å². The first-order valence-electron chi connectivity index (χ1n) is 11.4. The summed E-state index contributed by atoms with van der Waals surface area (Å²) in [6.45, 7) is 10.2. The summed E-state index contributed by atoms with van der Waals surface area (Å²) in [4.78, 5) is 8.91. The number of hydrogen-bond donors (Lipinski definition) is 2. The van der Waals surface area contributed by atoms with Gasteiger partial charge in [0.1, 0.15) is 0 Å². The van der Waals surface area contributed by atoms with E-state index >= 15 is 0 Å². The van der Waals surface area contributed by atoms with Crippen LogP contribution in [0.2, 0.25) is 0 Å². The Bertz CT molecular complexity index is 671. The van der Waals surface area contributed by atoms with Crippen LogP contribution in [0.3, 0.4) is 0 Å². The van der Waals surface area contributed by atoms with Gasteiger partial charge in [-0.1, -0.05) is 18.2 Å². The van der Waals surface area contributed by atoms with Crippen LogP contribution in [0.5, 0.6) is 0 Å². The van der Waals surface area contributed by atoms with Crippen molar-refractivity contribution in [2.75, 3.05) is 59.2 Å². The molecule has 1 aromatic carbocycles. The van der Waals surface area contributed by atoms with Gasteiger partial charge in [0.2, 0.25) is 0 Å². The highest BCUT2D eigenvalue weighted by Gasteiger charge is 2.43. The predicted octanol–water partition coefficient (Wildman–Crippen LogP) is 2.60. The molecule has 2 saturated heterocycles. The maximum atomic E-state index is 5.71. The normalized spacial score (nSPS) is 25.1. The van der Waals surface area contributed by atoms with Gasteiger partial charge >= 0.3 is 0 Å². The molecule has 2 atom stereocenters. The maximum Gasteiger partial charge on any atom is 0.191 e. The monoisotopic (exact) mass is 432 g/mol. The van der Waals surface area contributed by atoms with Crippen molar-refractivity contribution in [2.45, 2.75) is 41.9 Å². The first-order valence-corrected chi connectivity index (χ1v) is 12.3. The number of hydrogen-bond acceptors (Lipinski definition) is 5. The Morgan fingerprint density at radius 1 is 1.17 bits per heavy atom. The number of ether oxygens (including phenoxy) is 2. The highest BCUT2D eigenvalue weighted by Crippen LogP contribution is 2.51. The van der Waals surface area contributed by atoms with Crippen molar-refractivity contribution in [1.82, 2.24) is 15.5 Å². The van der Waals surface area contributed by atoms with Crippen LogP contribution in [0.1, 0.15) is 26.2 Å². The van der Waals surface area contributed by atoms with Crippen LogP contribution < -0.4 is 10.6 Å². The van der Waals surface area contributed by atoms with Gasteiger partial charge in [-0.05, 0) is 38.3 Å². The van der Waals surface area contributed by atoms with E-state index in [1.165, 1.54) is 17.7 Å². The average Bonchev–Trinajstić information content (AvgIpc) is 3.32. The van der Waals surface area contributed by atoms with Crippen LogP contribution in [0, 0.1) is 5.92 Å². The van der Waals surface area contributed by atoms with Crippen LogP contribution in [-0.2, 0) is 9.47 Å². The lowest BCUT2D eigenvalue weighted by atomic mass is 9.97. The van der Waals surface area contributed by atoms with Crippen molar-refractivity contribution < 1.29 is 9.47 Å². The van der Waals surface area contributed by atoms with Gasteiger partial charge in [-0.3, -0.25) is 9.89 Å². The fraction of sp³-hybridized carbons (Fsp3) is 0.696. The number of rotatable bonds is 9. The number of morpholine rings is 1. The minimum Gasteiger partial charge on any atom is -0.381 e. The van der Waals surface area contributed by atoms with Crippen LogP contribution in [0.4, 0.5) is 0 Å². The quantitative estimate of drug-likeness (QED) is 0.462. The summed E-state index contributed by atoms with van der Waals surface area (Å²) < 4.78 is 11.6. The van der Waals surface area contributed by atoms with E-state index < -0.39 is 0 Å². The molecule has 3 fully saturated rings. The van der Waals surface area contributed by atoms with Gasteiger partial charge in [-0.25, -0.2) is 0 Å². The van der Waals surface area contributed by atoms with E-state index in [1.54, 1.807) is 0 Å². The van der Waals surface area contributed by atoms with Crippen molar-refractivity contribution in [1.29, 1.82) is 0 Å². The Morgan fingerprint density at radius 2 is 1.97 bits per heavy atom. The summed E-state index contributed by atoms with van der Waals surface area (Å²) in [6.07, 6.45) is 3.63. The molecule has 0 aromatic heterocycles. The third-order valence-corrected chi connectivity index (χ3v) is 7.74. The van der Waals surface area contributed by atoms with Crippen LogP contribution in [0.25, 0.3) is 0 Å². The fourth-order valence-electron chi connectivity index (χ4n) is 4.30. The Kier molecular flexibility index (Phi) is 7.93. The largest absolute Gasteiger partial charge is 0.381 e. The molecule has 30 heavy (non-hydrogen) atoms. The second kappa shape index (κ2) is 10.8. The molecule has 0 radical (unpaired) electrons. The highest BCUT2D eigenvalue weighted by atomic mass is 32.2. The third-order valence-electron chi connectivity index (χ3n) is 6.26. The lowest BCUT2D eigenvalue weighted by Crippen LogP contribution is -2.53. The molecule has 0 bridgehead atoms. The van der Waals surface area contributed by atoms with Crippen molar-refractivity contribution in [3.8, 4) is 0 Å². The minimum atomic E-state index is 0.270. The molecule has 3 aliphatic rings. The Hall–Kier alpha value is -1.28. The van der Waals surface area contributed by atoms with Crippen molar-refractivity contribution in [3.63, 3.8) is 0 Å². The Balaban J connectivity index is 1.35. The third kappa shape index (κ3) is 6.13. The smallest absolute Gasteiger partial charge is 0.191 e.